The standard InChI is InChI=1S/C11H13ClN2O2/c1-8(2)10(12)14-16-11(15)13-9-6-4-3-5-7-9/h3-8H,1-2H3,(H,13,15). The molecule has 86 valence electrons. The Bertz CT molecular complexity index is 377. The van der Waals surface area contributed by atoms with Crippen LogP contribution in [0.3, 0.4) is 0 Å². The summed E-state index contributed by atoms with van der Waals surface area (Å²) in [6, 6.07) is 8.95. The van der Waals surface area contributed by atoms with Gasteiger partial charge in [0.05, 0.1) is 0 Å². The third kappa shape index (κ3) is 4.31. The van der Waals surface area contributed by atoms with Gasteiger partial charge in [0.25, 0.3) is 0 Å². The van der Waals surface area contributed by atoms with Crippen LogP contribution in [-0.2, 0) is 4.84 Å². The average molecular weight is 241 g/mol. The number of carbonyl (C=O) groups is 1. The molecule has 1 amide bonds. The predicted octanol–water partition coefficient (Wildman–Crippen LogP) is 3.44. The lowest BCUT2D eigenvalue weighted by Crippen LogP contribution is -2.12. The molecule has 5 heteroatoms. The Kier molecular flexibility index (Phi) is 4.79. The minimum atomic E-state index is -0.662. The second kappa shape index (κ2) is 6.12. The van der Waals surface area contributed by atoms with E-state index in [4.69, 9.17) is 11.6 Å². The molecule has 4 nitrogen and oxygen atoms in total. The topological polar surface area (TPSA) is 50.7 Å². The molecule has 1 rings (SSSR count). The summed E-state index contributed by atoms with van der Waals surface area (Å²) < 4.78 is 0. The molecule has 1 N–H and O–H groups in total. The molecule has 0 saturated heterocycles. The van der Waals surface area contributed by atoms with Gasteiger partial charge in [0.15, 0.2) is 0 Å². The molecule has 0 saturated carbocycles. The maximum atomic E-state index is 11.2. The Morgan fingerprint density at radius 2 is 2.00 bits per heavy atom. The van der Waals surface area contributed by atoms with Crippen molar-refractivity contribution in [1.82, 2.24) is 0 Å². The van der Waals surface area contributed by atoms with Crippen molar-refractivity contribution in [2.75, 3.05) is 5.32 Å². The van der Waals surface area contributed by atoms with Crippen molar-refractivity contribution in [3.63, 3.8) is 0 Å². The van der Waals surface area contributed by atoms with Gasteiger partial charge >= 0.3 is 6.09 Å². The number of halogens is 1. The van der Waals surface area contributed by atoms with Gasteiger partial charge in [-0.3, -0.25) is 10.2 Å². The van der Waals surface area contributed by atoms with Crippen LogP contribution in [0.25, 0.3) is 0 Å². The second-order valence-corrected chi connectivity index (χ2v) is 3.83. The highest BCUT2D eigenvalue weighted by Crippen LogP contribution is 2.06. The summed E-state index contributed by atoms with van der Waals surface area (Å²) in [6.45, 7) is 3.70. The Balaban J connectivity index is 2.46. The van der Waals surface area contributed by atoms with Crippen LogP contribution in [0.15, 0.2) is 35.5 Å². The van der Waals surface area contributed by atoms with Crippen molar-refractivity contribution < 1.29 is 9.63 Å². The van der Waals surface area contributed by atoms with Gasteiger partial charge in [0.1, 0.15) is 5.17 Å². The van der Waals surface area contributed by atoms with Gasteiger partial charge in [-0.05, 0) is 12.1 Å². The van der Waals surface area contributed by atoms with Crippen LogP contribution in [0.2, 0.25) is 0 Å². The first kappa shape index (κ1) is 12.5. The van der Waals surface area contributed by atoms with Crippen LogP contribution in [-0.4, -0.2) is 11.3 Å². The summed E-state index contributed by atoms with van der Waals surface area (Å²) in [7, 11) is 0. The number of para-hydroxylation sites is 1. The van der Waals surface area contributed by atoms with Crippen LogP contribution in [0.1, 0.15) is 13.8 Å². The molecule has 0 unspecified atom stereocenters. The molecule has 16 heavy (non-hydrogen) atoms. The quantitative estimate of drug-likeness (QED) is 0.500. The summed E-state index contributed by atoms with van der Waals surface area (Å²) in [4.78, 5) is 15.8. The third-order valence-electron chi connectivity index (χ3n) is 1.71. The summed E-state index contributed by atoms with van der Waals surface area (Å²) in [5.74, 6) is 0.0335. The van der Waals surface area contributed by atoms with Crippen LogP contribution < -0.4 is 5.32 Å². The summed E-state index contributed by atoms with van der Waals surface area (Å²) in [5, 5.41) is 6.25. The number of rotatable bonds is 3. The number of oxime groups is 1. The van der Waals surface area contributed by atoms with Crippen LogP contribution in [0, 0.1) is 5.92 Å². The molecular formula is C11H13ClN2O2. The monoisotopic (exact) mass is 240 g/mol. The minimum absolute atomic E-state index is 0.0335. The van der Waals surface area contributed by atoms with Gasteiger partial charge in [0.2, 0.25) is 0 Å². The van der Waals surface area contributed by atoms with Crippen LogP contribution in [0.5, 0.6) is 0 Å². The first-order valence-electron chi connectivity index (χ1n) is 4.86. The molecule has 1 aromatic carbocycles. The number of anilines is 1. The van der Waals surface area contributed by atoms with E-state index in [1.807, 2.05) is 19.9 Å². The highest BCUT2D eigenvalue weighted by atomic mass is 35.5. The van der Waals surface area contributed by atoms with Gasteiger partial charge in [-0.15, -0.1) is 0 Å². The van der Waals surface area contributed by atoms with E-state index in [-0.39, 0.29) is 11.1 Å². The molecule has 0 radical (unpaired) electrons. The maximum Gasteiger partial charge on any atom is 0.437 e. The number of nitrogens with zero attached hydrogens (tertiary/aromatic N) is 1. The second-order valence-electron chi connectivity index (χ2n) is 3.44. The predicted molar refractivity (Wildman–Crippen MR) is 64.7 cm³/mol. The van der Waals surface area contributed by atoms with Crippen LogP contribution >= 0.6 is 11.6 Å². The molecule has 0 aliphatic carbocycles. The van der Waals surface area contributed by atoms with Crippen molar-refractivity contribution in [2.45, 2.75) is 13.8 Å². The normalized spacial score (nSPS) is 11.4. The Labute approximate surface area is 99.2 Å². The molecule has 0 heterocycles. The van der Waals surface area contributed by atoms with E-state index in [0.29, 0.717) is 5.69 Å². The fourth-order valence-corrected chi connectivity index (χ4v) is 0.887. The third-order valence-corrected chi connectivity index (χ3v) is 2.22. The fraction of sp³-hybridized carbons (Fsp3) is 0.273. The van der Waals surface area contributed by atoms with Crippen molar-refractivity contribution >= 4 is 28.6 Å². The summed E-state index contributed by atoms with van der Waals surface area (Å²) in [6.07, 6.45) is -0.662. The largest absolute Gasteiger partial charge is 0.437 e. The molecular weight excluding hydrogens is 228 g/mol. The lowest BCUT2D eigenvalue weighted by molar-refractivity contribution is 0.166. The fourth-order valence-electron chi connectivity index (χ4n) is 0.853. The molecule has 0 bridgehead atoms. The van der Waals surface area contributed by atoms with Gasteiger partial charge in [-0.25, -0.2) is 4.79 Å². The zero-order chi connectivity index (χ0) is 12.0. The van der Waals surface area contributed by atoms with Gasteiger partial charge in [-0.1, -0.05) is 48.8 Å². The zero-order valence-electron chi connectivity index (χ0n) is 9.11. The van der Waals surface area contributed by atoms with Crippen molar-refractivity contribution in [1.29, 1.82) is 0 Å². The van der Waals surface area contributed by atoms with E-state index in [9.17, 15) is 4.79 Å². The summed E-state index contributed by atoms with van der Waals surface area (Å²) >= 11 is 5.71. The van der Waals surface area contributed by atoms with Crippen molar-refractivity contribution in [3.05, 3.63) is 30.3 Å². The zero-order valence-corrected chi connectivity index (χ0v) is 9.86. The lowest BCUT2D eigenvalue weighted by atomic mass is 10.2. The minimum Gasteiger partial charge on any atom is -0.297 e. The van der Waals surface area contributed by atoms with Crippen LogP contribution in [0.4, 0.5) is 10.5 Å². The van der Waals surface area contributed by atoms with E-state index >= 15 is 0 Å². The molecule has 0 aliphatic rings. The summed E-state index contributed by atoms with van der Waals surface area (Å²) in [5.41, 5.74) is 0.642. The Hall–Kier alpha value is -1.55. The number of nitrogens with one attached hydrogen (secondary N) is 1. The van der Waals surface area contributed by atoms with E-state index in [2.05, 4.69) is 15.3 Å². The molecule has 0 atom stereocenters. The first-order valence-corrected chi connectivity index (χ1v) is 5.24. The Morgan fingerprint density at radius 3 is 2.56 bits per heavy atom. The van der Waals surface area contributed by atoms with Gasteiger partial charge in [0, 0.05) is 11.6 Å². The van der Waals surface area contributed by atoms with Gasteiger partial charge in [-0.2, -0.15) is 0 Å². The van der Waals surface area contributed by atoms with E-state index in [0.717, 1.165) is 0 Å². The Morgan fingerprint density at radius 1 is 1.38 bits per heavy atom. The number of amides is 1. The molecule has 0 spiro atoms. The smallest absolute Gasteiger partial charge is 0.297 e. The van der Waals surface area contributed by atoms with E-state index in [1.54, 1.807) is 24.3 Å². The molecule has 0 aliphatic heterocycles. The highest BCUT2D eigenvalue weighted by Gasteiger charge is 2.05. The molecule has 1 aromatic rings. The SMILES string of the molecule is CC(C)C(Cl)=NOC(=O)Nc1ccccc1. The lowest BCUT2D eigenvalue weighted by Gasteiger charge is -2.03. The first-order chi connectivity index (χ1) is 7.59. The van der Waals surface area contributed by atoms with Gasteiger partial charge < -0.3 is 0 Å². The van der Waals surface area contributed by atoms with E-state index in [1.165, 1.54) is 0 Å². The number of hydrogen-bond acceptors (Lipinski definition) is 3. The molecule has 0 aromatic heterocycles. The number of carbonyl (C=O) groups excluding carboxylic acids is 1. The average Bonchev–Trinajstić information content (AvgIpc) is 2.27. The van der Waals surface area contributed by atoms with E-state index < -0.39 is 6.09 Å². The molecule has 0 fully saturated rings. The number of benzene rings is 1. The maximum absolute atomic E-state index is 11.2. The number of hydrogen-bond donors (Lipinski definition) is 1. The highest BCUT2D eigenvalue weighted by molar-refractivity contribution is 6.65. The van der Waals surface area contributed by atoms with Crippen molar-refractivity contribution in [2.24, 2.45) is 11.1 Å². The van der Waals surface area contributed by atoms with Crippen molar-refractivity contribution in [3.8, 4) is 0 Å².